The van der Waals surface area contributed by atoms with Crippen LogP contribution in [0.15, 0.2) is 18.3 Å². The Bertz CT molecular complexity index is 416. The summed E-state index contributed by atoms with van der Waals surface area (Å²) in [5.41, 5.74) is 0.404. The Balaban J connectivity index is 2.54. The number of rotatable bonds is 6. The van der Waals surface area contributed by atoms with Gasteiger partial charge in [0.1, 0.15) is 6.61 Å². The summed E-state index contributed by atoms with van der Waals surface area (Å²) < 4.78 is 34.2. The van der Waals surface area contributed by atoms with Gasteiger partial charge in [-0.05, 0) is 6.07 Å². The molecule has 0 amide bonds. The topological polar surface area (TPSA) is 77.5 Å². The number of sulfonamides is 1. The summed E-state index contributed by atoms with van der Waals surface area (Å²) in [7, 11) is -1.68. The Morgan fingerprint density at radius 1 is 1.38 bits per heavy atom. The Morgan fingerprint density at radius 3 is 2.62 bits per heavy atom. The van der Waals surface area contributed by atoms with E-state index in [1.54, 1.807) is 19.2 Å². The van der Waals surface area contributed by atoms with Crippen LogP contribution in [-0.4, -0.2) is 40.0 Å². The van der Waals surface area contributed by atoms with Gasteiger partial charge in [0.25, 0.3) is 0 Å². The van der Waals surface area contributed by atoms with Crippen molar-refractivity contribution in [2.75, 3.05) is 31.3 Å². The number of nitrogens with zero attached hydrogens (tertiary/aromatic N) is 1. The Hall–Kier alpha value is -1.34. The molecule has 0 fully saturated rings. The van der Waals surface area contributed by atoms with E-state index < -0.39 is 10.0 Å². The van der Waals surface area contributed by atoms with E-state index in [9.17, 15) is 8.42 Å². The third-order valence-electron chi connectivity index (χ3n) is 1.58. The lowest BCUT2D eigenvalue weighted by Crippen LogP contribution is -2.10. The highest BCUT2D eigenvalue weighted by atomic mass is 32.2. The minimum Gasteiger partial charge on any atom is -0.475 e. The molecule has 0 atom stereocenters. The maximum Gasteiger partial charge on any atom is 0.229 e. The molecule has 1 aromatic heterocycles. The summed E-state index contributed by atoms with van der Waals surface area (Å²) >= 11 is 0. The monoisotopic (exact) mass is 246 g/mol. The third kappa shape index (κ3) is 4.94. The standard InChI is InChI=1S/C9H14N2O4S/c1-14-5-6-15-9-4-3-8(7-10-9)11-16(2,12)13/h3-4,7,11H,5-6H2,1-2H3. The zero-order valence-electron chi connectivity index (χ0n) is 9.13. The molecule has 0 spiro atoms. The molecule has 90 valence electrons. The number of ether oxygens (including phenoxy) is 2. The van der Waals surface area contributed by atoms with E-state index in [2.05, 4.69) is 9.71 Å². The molecule has 1 rings (SSSR count). The van der Waals surface area contributed by atoms with Crippen LogP contribution < -0.4 is 9.46 Å². The van der Waals surface area contributed by atoms with Crippen LogP contribution in [0.5, 0.6) is 5.88 Å². The van der Waals surface area contributed by atoms with Crippen molar-refractivity contribution in [1.29, 1.82) is 0 Å². The first kappa shape index (κ1) is 12.7. The fourth-order valence-electron chi connectivity index (χ4n) is 0.970. The van der Waals surface area contributed by atoms with Crippen molar-refractivity contribution in [3.8, 4) is 5.88 Å². The highest BCUT2D eigenvalue weighted by Crippen LogP contribution is 2.12. The number of aromatic nitrogens is 1. The van der Waals surface area contributed by atoms with Crippen molar-refractivity contribution >= 4 is 15.7 Å². The van der Waals surface area contributed by atoms with Gasteiger partial charge in [0.05, 0.1) is 24.7 Å². The van der Waals surface area contributed by atoms with Gasteiger partial charge in [-0.3, -0.25) is 4.72 Å². The summed E-state index contributed by atoms with van der Waals surface area (Å²) in [5.74, 6) is 0.427. The van der Waals surface area contributed by atoms with E-state index >= 15 is 0 Å². The van der Waals surface area contributed by atoms with E-state index in [0.29, 0.717) is 24.8 Å². The van der Waals surface area contributed by atoms with Crippen molar-refractivity contribution in [2.24, 2.45) is 0 Å². The summed E-state index contributed by atoms with van der Waals surface area (Å²) in [5, 5.41) is 0. The lowest BCUT2D eigenvalue weighted by atomic mass is 10.4. The van der Waals surface area contributed by atoms with E-state index in [1.807, 2.05) is 0 Å². The van der Waals surface area contributed by atoms with Crippen LogP contribution in [-0.2, 0) is 14.8 Å². The number of hydrogen-bond donors (Lipinski definition) is 1. The van der Waals surface area contributed by atoms with Crippen LogP contribution >= 0.6 is 0 Å². The lowest BCUT2D eigenvalue weighted by Gasteiger charge is -2.06. The Morgan fingerprint density at radius 2 is 2.12 bits per heavy atom. The normalized spacial score (nSPS) is 11.1. The fraction of sp³-hybridized carbons (Fsp3) is 0.444. The molecule has 0 radical (unpaired) electrons. The molecule has 0 aliphatic heterocycles. The van der Waals surface area contributed by atoms with Gasteiger partial charge in [-0.15, -0.1) is 0 Å². The van der Waals surface area contributed by atoms with Gasteiger partial charge in [-0.2, -0.15) is 0 Å². The molecule has 0 unspecified atom stereocenters. The highest BCUT2D eigenvalue weighted by molar-refractivity contribution is 7.92. The van der Waals surface area contributed by atoms with Crippen LogP contribution in [0.2, 0.25) is 0 Å². The van der Waals surface area contributed by atoms with Crippen molar-refractivity contribution < 1.29 is 17.9 Å². The van der Waals surface area contributed by atoms with Crippen molar-refractivity contribution in [3.05, 3.63) is 18.3 Å². The minimum atomic E-state index is -3.26. The molecular weight excluding hydrogens is 232 g/mol. The quantitative estimate of drug-likeness (QED) is 0.739. The Labute approximate surface area is 94.6 Å². The van der Waals surface area contributed by atoms with E-state index in [-0.39, 0.29) is 0 Å². The second-order valence-electron chi connectivity index (χ2n) is 3.10. The van der Waals surface area contributed by atoms with Gasteiger partial charge >= 0.3 is 0 Å². The summed E-state index contributed by atoms with van der Waals surface area (Å²) in [6, 6.07) is 3.17. The molecule has 1 aromatic rings. The first-order valence-corrected chi connectivity index (χ1v) is 6.46. The highest BCUT2D eigenvalue weighted by Gasteiger charge is 2.02. The molecule has 0 aliphatic rings. The van der Waals surface area contributed by atoms with Crippen LogP contribution in [0.3, 0.4) is 0 Å². The maximum atomic E-state index is 10.9. The Kier molecular flexibility index (Phi) is 4.51. The van der Waals surface area contributed by atoms with Gasteiger partial charge in [-0.1, -0.05) is 0 Å². The van der Waals surface area contributed by atoms with Gasteiger partial charge in [0, 0.05) is 13.2 Å². The summed E-state index contributed by atoms with van der Waals surface area (Å²) in [6.45, 7) is 0.882. The van der Waals surface area contributed by atoms with Crippen LogP contribution in [0.1, 0.15) is 0 Å². The smallest absolute Gasteiger partial charge is 0.229 e. The molecule has 16 heavy (non-hydrogen) atoms. The zero-order valence-corrected chi connectivity index (χ0v) is 9.95. The molecule has 7 heteroatoms. The SMILES string of the molecule is COCCOc1ccc(NS(C)(=O)=O)cn1. The van der Waals surface area contributed by atoms with Gasteiger partial charge in [0.2, 0.25) is 15.9 Å². The van der Waals surface area contributed by atoms with Gasteiger partial charge in [-0.25, -0.2) is 13.4 Å². The predicted molar refractivity (Wildman–Crippen MR) is 60.1 cm³/mol. The average Bonchev–Trinajstić information content (AvgIpc) is 2.19. The minimum absolute atomic E-state index is 0.404. The number of anilines is 1. The maximum absolute atomic E-state index is 10.9. The van der Waals surface area contributed by atoms with Crippen LogP contribution in [0.25, 0.3) is 0 Å². The first-order chi connectivity index (χ1) is 7.51. The zero-order chi connectivity index (χ0) is 12.0. The van der Waals surface area contributed by atoms with Crippen LogP contribution in [0.4, 0.5) is 5.69 Å². The average molecular weight is 246 g/mol. The molecule has 0 aliphatic carbocycles. The van der Waals surface area contributed by atoms with E-state index in [1.165, 1.54) is 6.20 Å². The molecule has 0 bridgehead atoms. The van der Waals surface area contributed by atoms with Crippen molar-refractivity contribution in [3.63, 3.8) is 0 Å². The molecule has 6 nitrogen and oxygen atoms in total. The number of hydrogen-bond acceptors (Lipinski definition) is 5. The van der Waals surface area contributed by atoms with Crippen molar-refractivity contribution in [1.82, 2.24) is 4.98 Å². The second-order valence-corrected chi connectivity index (χ2v) is 4.85. The van der Waals surface area contributed by atoms with Crippen LogP contribution in [0, 0.1) is 0 Å². The van der Waals surface area contributed by atoms with E-state index in [0.717, 1.165) is 6.26 Å². The van der Waals surface area contributed by atoms with Gasteiger partial charge in [0.15, 0.2) is 0 Å². The third-order valence-corrected chi connectivity index (χ3v) is 2.18. The lowest BCUT2D eigenvalue weighted by molar-refractivity contribution is 0.144. The fourth-order valence-corrected chi connectivity index (χ4v) is 1.52. The molecule has 0 aromatic carbocycles. The van der Waals surface area contributed by atoms with Gasteiger partial charge < -0.3 is 9.47 Å². The number of nitrogens with one attached hydrogen (secondary N) is 1. The number of pyridine rings is 1. The summed E-state index contributed by atoms with van der Waals surface area (Å²) in [4.78, 5) is 3.93. The molecule has 1 N–H and O–H groups in total. The summed E-state index contributed by atoms with van der Waals surface area (Å²) in [6.07, 6.45) is 2.47. The predicted octanol–water partition coefficient (Wildman–Crippen LogP) is 0.478. The second kappa shape index (κ2) is 5.66. The molecular formula is C9H14N2O4S. The van der Waals surface area contributed by atoms with Crippen molar-refractivity contribution in [2.45, 2.75) is 0 Å². The molecule has 0 saturated carbocycles. The van der Waals surface area contributed by atoms with E-state index in [4.69, 9.17) is 9.47 Å². The first-order valence-electron chi connectivity index (χ1n) is 4.57. The largest absolute Gasteiger partial charge is 0.475 e. The number of methoxy groups -OCH3 is 1. The molecule has 1 heterocycles. The molecule has 0 saturated heterocycles.